The first kappa shape index (κ1) is 19.7. The Morgan fingerprint density at radius 3 is 2.75 bits per heavy atom. The van der Waals surface area contributed by atoms with E-state index in [1.807, 2.05) is 18.2 Å². The van der Waals surface area contributed by atoms with Crippen LogP contribution in [0.15, 0.2) is 18.2 Å². The quantitative estimate of drug-likeness (QED) is 0.729. The topological polar surface area (TPSA) is 122 Å². The van der Waals surface area contributed by atoms with Gasteiger partial charge in [-0.1, -0.05) is 19.3 Å². The fourth-order valence-electron chi connectivity index (χ4n) is 5.10. The van der Waals surface area contributed by atoms with Crippen molar-refractivity contribution in [3.8, 4) is 22.9 Å². The molecule has 0 unspecified atom stereocenters. The van der Waals surface area contributed by atoms with Gasteiger partial charge < -0.3 is 29.6 Å². The third-order valence-corrected chi connectivity index (χ3v) is 6.72. The van der Waals surface area contributed by atoms with Crippen LogP contribution in [0, 0.1) is 0 Å². The average molecular weight is 442 g/mol. The summed E-state index contributed by atoms with van der Waals surface area (Å²) in [6.45, 7) is 1.01. The van der Waals surface area contributed by atoms with Crippen LogP contribution in [-0.4, -0.2) is 70.5 Å². The highest BCUT2D eigenvalue weighted by Crippen LogP contribution is 2.38. The van der Waals surface area contributed by atoms with Gasteiger partial charge in [-0.05, 0) is 41.5 Å². The van der Waals surface area contributed by atoms with Crippen LogP contribution >= 0.6 is 0 Å². The monoisotopic (exact) mass is 442 g/mol. The number of nitrogens with one attached hydrogen (secondary N) is 2. The van der Waals surface area contributed by atoms with Crippen LogP contribution in [0.4, 0.5) is 4.79 Å². The molecule has 3 fully saturated rings. The fourth-order valence-corrected chi connectivity index (χ4v) is 5.10. The Kier molecular flexibility index (Phi) is 5.07. The van der Waals surface area contributed by atoms with Crippen molar-refractivity contribution < 1.29 is 23.7 Å². The maximum Gasteiger partial charge on any atom is 0.315 e. The summed E-state index contributed by atoms with van der Waals surface area (Å²) in [6, 6.07) is 5.32. The lowest BCUT2D eigenvalue weighted by molar-refractivity contribution is 0.0624. The zero-order chi connectivity index (χ0) is 21.5. The van der Waals surface area contributed by atoms with Crippen LogP contribution in [0.3, 0.4) is 0 Å². The molecular weight excluding hydrogens is 416 g/mol. The number of benzene rings is 1. The van der Waals surface area contributed by atoms with E-state index in [0.717, 1.165) is 18.4 Å². The van der Waals surface area contributed by atoms with Gasteiger partial charge in [0, 0.05) is 11.6 Å². The number of fused-ring (bicyclic) bond motifs is 2. The van der Waals surface area contributed by atoms with Crippen molar-refractivity contribution in [2.24, 2.45) is 0 Å². The Hall–Kier alpha value is -2.92. The Bertz CT molecular complexity index is 993. The first-order valence-electron chi connectivity index (χ1n) is 11.2. The zero-order valence-electron chi connectivity index (χ0n) is 17.6. The average Bonchev–Trinajstić information content (AvgIpc) is 3.59. The molecule has 11 nitrogen and oxygen atoms in total. The molecule has 0 radical (unpaired) electrons. The number of tetrazole rings is 1. The van der Waals surface area contributed by atoms with Crippen LogP contribution in [0.2, 0.25) is 0 Å². The predicted octanol–water partition coefficient (Wildman–Crippen LogP) is 1.41. The van der Waals surface area contributed by atoms with E-state index < -0.39 is 0 Å². The number of nitrogens with zero attached hydrogens (tertiary/aromatic N) is 4. The van der Waals surface area contributed by atoms with Crippen molar-refractivity contribution in [3.63, 3.8) is 0 Å². The lowest BCUT2D eigenvalue weighted by Gasteiger charge is -2.24. The first-order valence-corrected chi connectivity index (χ1v) is 11.2. The second-order valence-electron chi connectivity index (χ2n) is 8.74. The van der Waals surface area contributed by atoms with Gasteiger partial charge in [0.1, 0.15) is 18.2 Å². The highest BCUT2D eigenvalue weighted by molar-refractivity contribution is 5.74. The maximum absolute atomic E-state index is 12.5. The Balaban J connectivity index is 1.14. The summed E-state index contributed by atoms with van der Waals surface area (Å²) in [5.74, 6) is 1.98. The van der Waals surface area contributed by atoms with Gasteiger partial charge in [-0.25, -0.2) is 9.48 Å². The summed E-state index contributed by atoms with van der Waals surface area (Å²) >= 11 is 0. The number of carbonyl (C=O) groups excluding carboxylic acids is 1. The van der Waals surface area contributed by atoms with Gasteiger partial charge >= 0.3 is 6.03 Å². The van der Waals surface area contributed by atoms with E-state index >= 15 is 0 Å². The molecule has 4 heterocycles. The number of urea groups is 1. The van der Waals surface area contributed by atoms with E-state index in [1.54, 1.807) is 4.68 Å². The first-order chi connectivity index (χ1) is 15.8. The molecule has 1 aliphatic carbocycles. The van der Waals surface area contributed by atoms with Crippen molar-refractivity contribution in [3.05, 3.63) is 18.2 Å². The number of carbonyl (C=O) groups is 1. The molecule has 2 aromatic rings. The lowest BCUT2D eigenvalue weighted by atomic mass is 9.96. The van der Waals surface area contributed by atoms with Crippen LogP contribution in [0.5, 0.6) is 11.5 Å². The summed E-state index contributed by atoms with van der Waals surface area (Å²) in [6.07, 6.45) is 5.19. The van der Waals surface area contributed by atoms with Crippen molar-refractivity contribution in [1.29, 1.82) is 0 Å². The fraction of sp³-hybridized carbons (Fsp3) is 0.619. The second kappa shape index (κ2) is 8.21. The number of hydrogen-bond acceptors (Lipinski definition) is 8. The van der Waals surface area contributed by atoms with Crippen molar-refractivity contribution in [2.75, 3.05) is 20.0 Å². The van der Waals surface area contributed by atoms with E-state index in [0.29, 0.717) is 30.5 Å². The molecule has 11 heteroatoms. The maximum atomic E-state index is 12.5. The molecule has 6 rings (SSSR count). The van der Waals surface area contributed by atoms with E-state index in [9.17, 15) is 4.79 Å². The van der Waals surface area contributed by atoms with E-state index in [2.05, 4.69) is 26.2 Å². The summed E-state index contributed by atoms with van der Waals surface area (Å²) in [5.41, 5.74) is 0.822. The Morgan fingerprint density at radius 2 is 1.84 bits per heavy atom. The standard InChI is InChI=1S/C21H26N6O5/c28-21(22-13-4-2-1-3-5-13)23-14-9-29-19-15(10-30-18(14)19)27-20(24-25-26-27)12-6-7-16-17(8-12)32-11-31-16/h6-8,13-15,18-19H,1-5,9-11H2,(H2,22,23,28)/t14-,15-,18+,19+/m0/s1. The van der Waals surface area contributed by atoms with Crippen molar-refractivity contribution >= 4 is 6.03 Å². The molecule has 3 aliphatic heterocycles. The molecule has 0 bridgehead atoms. The van der Waals surface area contributed by atoms with Gasteiger partial charge in [0.25, 0.3) is 0 Å². The van der Waals surface area contributed by atoms with Crippen molar-refractivity contribution in [2.45, 2.75) is 62.4 Å². The molecule has 0 spiro atoms. The Morgan fingerprint density at radius 1 is 1.00 bits per heavy atom. The van der Waals surface area contributed by atoms with Gasteiger partial charge in [0.2, 0.25) is 6.79 Å². The highest BCUT2D eigenvalue weighted by Gasteiger charge is 2.50. The summed E-state index contributed by atoms with van der Waals surface area (Å²) < 4.78 is 24.7. The minimum absolute atomic E-state index is 0.151. The summed E-state index contributed by atoms with van der Waals surface area (Å²) in [5, 5.41) is 18.5. The van der Waals surface area contributed by atoms with Gasteiger partial charge in [-0.15, -0.1) is 5.10 Å². The second-order valence-corrected chi connectivity index (χ2v) is 8.74. The van der Waals surface area contributed by atoms with Crippen LogP contribution in [-0.2, 0) is 9.47 Å². The van der Waals surface area contributed by atoms with E-state index in [4.69, 9.17) is 18.9 Å². The van der Waals surface area contributed by atoms with Gasteiger partial charge in [-0.3, -0.25) is 0 Å². The van der Waals surface area contributed by atoms with Crippen LogP contribution < -0.4 is 20.1 Å². The number of hydrogen-bond donors (Lipinski definition) is 2. The molecule has 2 amide bonds. The van der Waals surface area contributed by atoms with E-state index in [-0.39, 0.29) is 43.2 Å². The zero-order valence-corrected chi connectivity index (χ0v) is 17.6. The molecule has 1 saturated carbocycles. The normalized spacial score (nSPS) is 29.1. The predicted molar refractivity (Wildman–Crippen MR) is 110 cm³/mol. The smallest absolute Gasteiger partial charge is 0.315 e. The summed E-state index contributed by atoms with van der Waals surface area (Å²) in [4.78, 5) is 12.5. The molecule has 2 saturated heterocycles. The molecule has 1 aromatic carbocycles. The molecule has 32 heavy (non-hydrogen) atoms. The minimum atomic E-state index is -0.245. The number of amides is 2. The third kappa shape index (κ3) is 3.55. The van der Waals surface area contributed by atoms with Crippen LogP contribution in [0.25, 0.3) is 11.4 Å². The Labute approximate surface area is 184 Å². The van der Waals surface area contributed by atoms with Gasteiger partial charge in [0.15, 0.2) is 17.3 Å². The van der Waals surface area contributed by atoms with Crippen molar-refractivity contribution in [1.82, 2.24) is 30.8 Å². The lowest BCUT2D eigenvalue weighted by Crippen LogP contribution is -2.50. The summed E-state index contributed by atoms with van der Waals surface area (Å²) in [7, 11) is 0. The number of rotatable bonds is 4. The largest absolute Gasteiger partial charge is 0.454 e. The molecule has 4 aliphatic rings. The SMILES string of the molecule is O=C(NC1CCCCC1)N[C@H]1CO[C@H]2[C@@H]1OC[C@@H]2n1nnnc1-c1ccc2c(c1)OCO2. The molecular formula is C21H26N6O5. The highest BCUT2D eigenvalue weighted by atomic mass is 16.7. The molecule has 4 atom stereocenters. The van der Waals surface area contributed by atoms with Crippen LogP contribution in [0.1, 0.15) is 38.1 Å². The minimum Gasteiger partial charge on any atom is -0.454 e. The third-order valence-electron chi connectivity index (χ3n) is 6.72. The van der Waals surface area contributed by atoms with Gasteiger partial charge in [0.05, 0.1) is 19.3 Å². The number of aromatic nitrogens is 4. The van der Waals surface area contributed by atoms with Gasteiger partial charge in [-0.2, -0.15) is 0 Å². The van der Waals surface area contributed by atoms with E-state index in [1.165, 1.54) is 19.3 Å². The molecule has 2 N–H and O–H groups in total. The molecule has 170 valence electrons. The number of ether oxygens (including phenoxy) is 4. The molecule has 1 aromatic heterocycles.